The Morgan fingerprint density at radius 2 is 1.65 bits per heavy atom. The third-order valence-electron chi connectivity index (χ3n) is 4.84. The van der Waals surface area contributed by atoms with Gasteiger partial charge in [-0.15, -0.1) is 0 Å². The lowest BCUT2D eigenvalue weighted by Gasteiger charge is -2.26. The zero-order valence-electron chi connectivity index (χ0n) is 17.6. The van der Waals surface area contributed by atoms with Gasteiger partial charge in [0.15, 0.2) is 6.61 Å². The van der Waals surface area contributed by atoms with Crippen molar-refractivity contribution in [3.8, 4) is 0 Å². The molecule has 0 N–H and O–H groups in total. The SMILES string of the molecule is CC(C)N(C(=O)COC(=O)c1ccc(S(=O)(=O)N2CCOCC2)cc1)c1ccccc1. The highest BCUT2D eigenvalue weighted by molar-refractivity contribution is 7.89. The van der Waals surface area contributed by atoms with Gasteiger partial charge in [-0.2, -0.15) is 4.31 Å². The fraction of sp³-hybridized carbons (Fsp3) is 0.364. The van der Waals surface area contributed by atoms with Gasteiger partial charge >= 0.3 is 5.97 Å². The molecule has 31 heavy (non-hydrogen) atoms. The maximum atomic E-state index is 12.7. The summed E-state index contributed by atoms with van der Waals surface area (Å²) < 4.78 is 37.0. The van der Waals surface area contributed by atoms with Gasteiger partial charge in [0.05, 0.1) is 23.7 Å². The van der Waals surface area contributed by atoms with Gasteiger partial charge in [-0.25, -0.2) is 13.2 Å². The molecule has 0 unspecified atom stereocenters. The number of nitrogens with zero attached hydrogens (tertiary/aromatic N) is 2. The van der Waals surface area contributed by atoms with Crippen molar-refractivity contribution < 1.29 is 27.5 Å². The van der Waals surface area contributed by atoms with Gasteiger partial charge < -0.3 is 14.4 Å². The van der Waals surface area contributed by atoms with E-state index in [-0.39, 0.29) is 22.4 Å². The Morgan fingerprint density at radius 3 is 2.23 bits per heavy atom. The van der Waals surface area contributed by atoms with Gasteiger partial charge in [-0.1, -0.05) is 18.2 Å². The van der Waals surface area contributed by atoms with E-state index >= 15 is 0 Å². The van der Waals surface area contributed by atoms with Gasteiger partial charge in [0, 0.05) is 24.8 Å². The molecule has 0 spiro atoms. The van der Waals surface area contributed by atoms with Crippen molar-refractivity contribution in [3.63, 3.8) is 0 Å². The molecule has 166 valence electrons. The second-order valence-corrected chi connectivity index (χ2v) is 9.25. The highest BCUT2D eigenvalue weighted by atomic mass is 32.2. The van der Waals surface area contributed by atoms with Gasteiger partial charge in [0.25, 0.3) is 5.91 Å². The van der Waals surface area contributed by atoms with E-state index in [0.29, 0.717) is 26.3 Å². The van der Waals surface area contributed by atoms with Crippen molar-refractivity contribution in [1.82, 2.24) is 4.31 Å². The fourth-order valence-electron chi connectivity index (χ4n) is 3.30. The second-order valence-electron chi connectivity index (χ2n) is 7.31. The van der Waals surface area contributed by atoms with Crippen LogP contribution >= 0.6 is 0 Å². The number of hydrogen-bond acceptors (Lipinski definition) is 6. The molecule has 9 heteroatoms. The van der Waals surface area contributed by atoms with Crippen LogP contribution in [-0.4, -0.2) is 63.6 Å². The highest BCUT2D eigenvalue weighted by Crippen LogP contribution is 2.19. The van der Waals surface area contributed by atoms with Gasteiger partial charge in [-0.3, -0.25) is 4.79 Å². The zero-order valence-corrected chi connectivity index (χ0v) is 18.4. The maximum Gasteiger partial charge on any atom is 0.338 e. The lowest BCUT2D eigenvalue weighted by atomic mass is 10.2. The molecule has 1 aliphatic rings. The molecule has 1 saturated heterocycles. The third-order valence-corrected chi connectivity index (χ3v) is 6.76. The molecule has 1 heterocycles. The Balaban J connectivity index is 1.63. The van der Waals surface area contributed by atoms with Crippen molar-refractivity contribution in [3.05, 3.63) is 60.2 Å². The summed E-state index contributed by atoms with van der Waals surface area (Å²) in [6.45, 7) is 4.63. The largest absolute Gasteiger partial charge is 0.452 e. The first kappa shape index (κ1) is 22.9. The van der Waals surface area contributed by atoms with E-state index in [4.69, 9.17) is 9.47 Å². The number of benzene rings is 2. The zero-order chi connectivity index (χ0) is 22.4. The molecule has 0 radical (unpaired) electrons. The van der Waals surface area contributed by atoms with Crippen LogP contribution in [0.1, 0.15) is 24.2 Å². The molecule has 0 bridgehead atoms. The summed E-state index contributed by atoms with van der Waals surface area (Å²) in [5.74, 6) is -1.04. The van der Waals surface area contributed by atoms with E-state index in [1.165, 1.54) is 28.6 Å². The number of esters is 1. The van der Waals surface area contributed by atoms with Gasteiger partial charge in [0.2, 0.25) is 10.0 Å². The summed E-state index contributed by atoms with van der Waals surface area (Å²) in [4.78, 5) is 26.7. The standard InChI is InChI=1S/C22H26N2O6S/c1-17(2)24(19-6-4-3-5-7-19)21(25)16-30-22(26)18-8-10-20(11-9-18)31(27,28)23-12-14-29-15-13-23/h3-11,17H,12-16H2,1-2H3. The Labute approximate surface area is 182 Å². The van der Waals surface area contributed by atoms with Crippen LogP contribution in [0.25, 0.3) is 0 Å². The van der Waals surface area contributed by atoms with E-state index in [2.05, 4.69) is 0 Å². The van der Waals surface area contributed by atoms with Crippen LogP contribution in [0.3, 0.4) is 0 Å². The molecule has 1 fully saturated rings. The fourth-order valence-corrected chi connectivity index (χ4v) is 4.71. The number of para-hydroxylation sites is 1. The smallest absolute Gasteiger partial charge is 0.338 e. The minimum absolute atomic E-state index is 0.0945. The first-order chi connectivity index (χ1) is 14.8. The summed E-state index contributed by atoms with van der Waals surface area (Å²) in [5.41, 5.74) is 0.890. The van der Waals surface area contributed by atoms with Crippen LogP contribution < -0.4 is 4.90 Å². The topological polar surface area (TPSA) is 93.2 Å². The lowest BCUT2D eigenvalue weighted by molar-refractivity contribution is -0.122. The average molecular weight is 447 g/mol. The summed E-state index contributed by atoms with van der Waals surface area (Å²) in [5, 5.41) is 0. The minimum atomic E-state index is -3.64. The predicted octanol–water partition coefficient (Wildman–Crippen LogP) is 2.31. The molecule has 0 aliphatic carbocycles. The number of amides is 1. The van der Waals surface area contributed by atoms with Gasteiger partial charge in [0.1, 0.15) is 0 Å². The summed E-state index contributed by atoms with van der Waals surface area (Å²) in [6.07, 6.45) is 0. The van der Waals surface area contributed by atoms with Crippen molar-refractivity contribution in [2.75, 3.05) is 37.8 Å². The van der Waals surface area contributed by atoms with Crippen molar-refractivity contribution in [1.29, 1.82) is 0 Å². The van der Waals surface area contributed by atoms with E-state index < -0.39 is 22.6 Å². The number of carbonyl (C=O) groups is 2. The number of morpholine rings is 1. The quantitative estimate of drug-likeness (QED) is 0.606. The molecular weight excluding hydrogens is 420 g/mol. The van der Waals surface area contributed by atoms with Crippen molar-refractivity contribution in [2.24, 2.45) is 0 Å². The van der Waals surface area contributed by atoms with Crippen LogP contribution in [-0.2, 0) is 24.3 Å². The monoisotopic (exact) mass is 446 g/mol. The van der Waals surface area contributed by atoms with Crippen LogP contribution in [0.4, 0.5) is 5.69 Å². The first-order valence-corrected chi connectivity index (χ1v) is 11.5. The number of anilines is 1. The Bertz CT molecular complexity index is 1000. The number of sulfonamides is 1. The third kappa shape index (κ3) is 5.49. The van der Waals surface area contributed by atoms with Crippen LogP contribution in [0.5, 0.6) is 0 Å². The van der Waals surface area contributed by atoms with E-state index in [9.17, 15) is 18.0 Å². The average Bonchev–Trinajstić information content (AvgIpc) is 2.78. The van der Waals surface area contributed by atoms with Crippen LogP contribution in [0.15, 0.2) is 59.5 Å². The second kappa shape index (κ2) is 10.0. The number of carbonyl (C=O) groups excluding carboxylic acids is 2. The summed E-state index contributed by atoms with van der Waals surface area (Å²) >= 11 is 0. The Hall–Kier alpha value is -2.75. The molecule has 2 aromatic carbocycles. The van der Waals surface area contributed by atoms with E-state index in [1.54, 1.807) is 4.90 Å². The number of ether oxygens (including phenoxy) is 2. The molecule has 2 aromatic rings. The lowest BCUT2D eigenvalue weighted by Crippen LogP contribution is -2.40. The van der Waals surface area contributed by atoms with Crippen molar-refractivity contribution >= 4 is 27.6 Å². The Kier molecular flexibility index (Phi) is 7.42. The molecule has 8 nitrogen and oxygen atoms in total. The predicted molar refractivity (Wildman–Crippen MR) is 115 cm³/mol. The molecule has 0 atom stereocenters. The normalized spacial score (nSPS) is 14.9. The molecule has 1 aliphatic heterocycles. The van der Waals surface area contributed by atoms with Crippen molar-refractivity contribution in [2.45, 2.75) is 24.8 Å². The summed E-state index contributed by atoms with van der Waals surface area (Å²) in [6, 6.07) is 14.5. The molecule has 0 saturated carbocycles. The molecular formula is C22H26N2O6S. The maximum absolute atomic E-state index is 12.7. The number of hydrogen-bond donors (Lipinski definition) is 0. The minimum Gasteiger partial charge on any atom is -0.452 e. The summed E-state index contributed by atoms with van der Waals surface area (Å²) in [7, 11) is -3.64. The number of rotatable bonds is 7. The van der Waals surface area contributed by atoms with E-state index in [1.807, 2.05) is 44.2 Å². The molecule has 1 amide bonds. The van der Waals surface area contributed by atoms with Gasteiger partial charge in [-0.05, 0) is 50.2 Å². The highest BCUT2D eigenvalue weighted by Gasteiger charge is 2.26. The Morgan fingerprint density at radius 1 is 1.03 bits per heavy atom. The van der Waals surface area contributed by atoms with E-state index in [0.717, 1.165) is 5.69 Å². The van der Waals surface area contributed by atoms with Crippen LogP contribution in [0.2, 0.25) is 0 Å². The van der Waals surface area contributed by atoms with Crippen LogP contribution in [0, 0.1) is 0 Å². The molecule has 0 aromatic heterocycles. The first-order valence-electron chi connectivity index (χ1n) is 10.0. The molecule has 3 rings (SSSR count).